The molecule has 82 valence electrons. The summed E-state index contributed by atoms with van der Waals surface area (Å²) >= 11 is 0. The standard InChI is InChI=1S/C10H8N2O3S/c11-6-7-1-2-8-9(5-7)16(14,15)4-3-10(13)12-8/h1-2,5H,3-4H2,(H,12,13). The minimum absolute atomic E-state index is 0.0254. The van der Waals surface area contributed by atoms with E-state index in [1.54, 1.807) is 0 Å². The molecule has 6 heteroatoms. The maximum Gasteiger partial charge on any atom is 0.225 e. The Bertz CT molecular complexity index is 599. The normalized spacial score (nSPS) is 17.8. The number of sulfone groups is 1. The molecule has 1 aromatic carbocycles. The van der Waals surface area contributed by atoms with E-state index in [4.69, 9.17) is 5.26 Å². The monoisotopic (exact) mass is 236 g/mol. The number of benzene rings is 1. The van der Waals surface area contributed by atoms with Crippen LogP contribution in [0.4, 0.5) is 5.69 Å². The van der Waals surface area contributed by atoms with Crippen LogP contribution in [-0.2, 0) is 14.6 Å². The summed E-state index contributed by atoms with van der Waals surface area (Å²) in [7, 11) is -3.48. The highest BCUT2D eigenvalue weighted by Gasteiger charge is 2.25. The van der Waals surface area contributed by atoms with Gasteiger partial charge in [-0.1, -0.05) is 0 Å². The first-order valence-electron chi connectivity index (χ1n) is 4.60. The van der Waals surface area contributed by atoms with E-state index in [0.29, 0.717) is 0 Å². The van der Waals surface area contributed by atoms with E-state index in [1.165, 1.54) is 18.2 Å². The molecular formula is C10H8N2O3S. The minimum atomic E-state index is -3.48. The second-order valence-electron chi connectivity index (χ2n) is 3.44. The Morgan fingerprint density at radius 2 is 2.12 bits per heavy atom. The topological polar surface area (TPSA) is 87.0 Å². The summed E-state index contributed by atoms with van der Waals surface area (Å²) in [5.74, 6) is -0.548. The number of anilines is 1. The summed E-state index contributed by atoms with van der Waals surface area (Å²) in [4.78, 5) is 11.3. The van der Waals surface area contributed by atoms with Crippen LogP contribution in [0.1, 0.15) is 12.0 Å². The zero-order valence-electron chi connectivity index (χ0n) is 8.23. The van der Waals surface area contributed by atoms with Gasteiger partial charge < -0.3 is 5.32 Å². The molecule has 0 radical (unpaired) electrons. The van der Waals surface area contributed by atoms with E-state index >= 15 is 0 Å². The first kappa shape index (κ1) is 10.6. The van der Waals surface area contributed by atoms with Crippen LogP contribution in [0.5, 0.6) is 0 Å². The fourth-order valence-corrected chi connectivity index (χ4v) is 2.94. The lowest BCUT2D eigenvalue weighted by molar-refractivity contribution is -0.115. The van der Waals surface area contributed by atoms with Crippen molar-refractivity contribution < 1.29 is 13.2 Å². The van der Waals surface area contributed by atoms with Crippen molar-refractivity contribution in [3.8, 4) is 6.07 Å². The Morgan fingerprint density at radius 3 is 2.81 bits per heavy atom. The third kappa shape index (κ3) is 1.77. The molecule has 1 aromatic rings. The molecule has 1 heterocycles. The van der Waals surface area contributed by atoms with Gasteiger partial charge in [0.05, 0.1) is 28.0 Å². The molecular weight excluding hydrogens is 228 g/mol. The molecule has 0 fully saturated rings. The predicted molar refractivity (Wildman–Crippen MR) is 56.5 cm³/mol. The van der Waals surface area contributed by atoms with Gasteiger partial charge >= 0.3 is 0 Å². The summed E-state index contributed by atoms with van der Waals surface area (Å²) in [5, 5.41) is 11.2. The molecule has 1 aliphatic heterocycles. The van der Waals surface area contributed by atoms with E-state index in [1.807, 2.05) is 6.07 Å². The lowest BCUT2D eigenvalue weighted by Crippen LogP contribution is -2.10. The van der Waals surface area contributed by atoms with Gasteiger partial charge in [0.2, 0.25) is 5.91 Å². The van der Waals surface area contributed by atoms with Crippen molar-refractivity contribution in [3.05, 3.63) is 23.8 Å². The smallest absolute Gasteiger partial charge is 0.225 e. The largest absolute Gasteiger partial charge is 0.325 e. The zero-order valence-corrected chi connectivity index (χ0v) is 9.04. The van der Waals surface area contributed by atoms with Crippen molar-refractivity contribution in [2.75, 3.05) is 11.1 Å². The van der Waals surface area contributed by atoms with Crippen molar-refractivity contribution in [2.24, 2.45) is 0 Å². The Balaban J connectivity index is 2.68. The fraction of sp³-hybridized carbons (Fsp3) is 0.200. The van der Waals surface area contributed by atoms with Gasteiger partial charge in [-0.15, -0.1) is 0 Å². The molecule has 1 amide bonds. The van der Waals surface area contributed by atoms with Gasteiger partial charge in [-0.25, -0.2) is 8.42 Å². The van der Waals surface area contributed by atoms with E-state index in [2.05, 4.69) is 5.32 Å². The maximum atomic E-state index is 11.8. The molecule has 16 heavy (non-hydrogen) atoms. The zero-order chi connectivity index (χ0) is 11.8. The molecule has 0 unspecified atom stereocenters. The van der Waals surface area contributed by atoms with Gasteiger partial charge in [-0.2, -0.15) is 5.26 Å². The molecule has 0 aromatic heterocycles. The lowest BCUT2D eigenvalue weighted by atomic mass is 10.2. The molecule has 2 rings (SSSR count). The van der Waals surface area contributed by atoms with Crippen LogP contribution in [0.3, 0.4) is 0 Å². The van der Waals surface area contributed by atoms with Gasteiger partial charge in [0.25, 0.3) is 0 Å². The van der Waals surface area contributed by atoms with Gasteiger partial charge in [0.15, 0.2) is 9.84 Å². The molecule has 1 N–H and O–H groups in total. The van der Waals surface area contributed by atoms with E-state index in [0.717, 1.165) is 0 Å². The second-order valence-corrected chi connectivity index (χ2v) is 5.52. The van der Waals surface area contributed by atoms with Crippen molar-refractivity contribution in [1.82, 2.24) is 0 Å². The molecule has 0 saturated carbocycles. The first-order chi connectivity index (χ1) is 7.53. The summed E-state index contributed by atoms with van der Waals surface area (Å²) in [6.07, 6.45) is -0.0566. The number of carbonyl (C=O) groups is 1. The first-order valence-corrected chi connectivity index (χ1v) is 6.25. The summed E-state index contributed by atoms with van der Waals surface area (Å²) in [6.45, 7) is 0. The molecule has 0 saturated heterocycles. The number of hydrogen-bond donors (Lipinski definition) is 1. The van der Waals surface area contributed by atoms with Crippen LogP contribution in [0.15, 0.2) is 23.1 Å². The summed E-state index contributed by atoms with van der Waals surface area (Å²) in [5.41, 5.74) is 0.514. The van der Waals surface area contributed by atoms with E-state index < -0.39 is 9.84 Å². The second kappa shape index (κ2) is 3.61. The van der Waals surface area contributed by atoms with Crippen molar-refractivity contribution >= 4 is 21.4 Å². The fourth-order valence-electron chi connectivity index (χ4n) is 1.50. The molecule has 0 spiro atoms. The number of amides is 1. The third-order valence-corrected chi connectivity index (χ3v) is 4.07. The molecule has 0 aliphatic carbocycles. The Kier molecular flexibility index (Phi) is 2.40. The quantitative estimate of drug-likeness (QED) is 0.717. The number of nitrogens with zero attached hydrogens (tertiary/aromatic N) is 1. The highest BCUT2D eigenvalue weighted by atomic mass is 32.2. The molecule has 0 bridgehead atoms. The van der Waals surface area contributed by atoms with Gasteiger partial charge in [0.1, 0.15) is 0 Å². The van der Waals surface area contributed by atoms with E-state index in [-0.39, 0.29) is 34.2 Å². The SMILES string of the molecule is N#Cc1ccc2c(c1)S(=O)(=O)CCC(=O)N2. The highest BCUT2D eigenvalue weighted by molar-refractivity contribution is 7.91. The van der Waals surface area contributed by atoms with Crippen LogP contribution in [0.2, 0.25) is 0 Å². The lowest BCUT2D eigenvalue weighted by Gasteiger charge is -2.05. The van der Waals surface area contributed by atoms with Crippen LogP contribution in [0.25, 0.3) is 0 Å². The predicted octanol–water partition coefficient (Wildman–Crippen LogP) is 0.674. The Morgan fingerprint density at radius 1 is 1.38 bits per heavy atom. The number of nitriles is 1. The van der Waals surface area contributed by atoms with Crippen molar-refractivity contribution in [1.29, 1.82) is 5.26 Å². The number of rotatable bonds is 0. The van der Waals surface area contributed by atoms with Gasteiger partial charge in [0, 0.05) is 6.42 Å². The number of hydrogen-bond acceptors (Lipinski definition) is 4. The van der Waals surface area contributed by atoms with Crippen LogP contribution in [-0.4, -0.2) is 20.1 Å². The minimum Gasteiger partial charge on any atom is -0.325 e. The highest BCUT2D eigenvalue weighted by Crippen LogP contribution is 2.26. The van der Waals surface area contributed by atoms with Crippen molar-refractivity contribution in [2.45, 2.75) is 11.3 Å². The third-order valence-electron chi connectivity index (χ3n) is 2.32. The summed E-state index contributed by atoms with van der Waals surface area (Å²) < 4.78 is 23.6. The number of fused-ring (bicyclic) bond motifs is 1. The average Bonchev–Trinajstić information content (AvgIpc) is 2.37. The number of nitrogens with one attached hydrogen (secondary N) is 1. The van der Waals surface area contributed by atoms with E-state index in [9.17, 15) is 13.2 Å². The van der Waals surface area contributed by atoms with Crippen molar-refractivity contribution in [3.63, 3.8) is 0 Å². The number of carbonyl (C=O) groups excluding carboxylic acids is 1. The van der Waals surface area contributed by atoms with Gasteiger partial charge in [-0.05, 0) is 18.2 Å². The summed E-state index contributed by atoms with van der Waals surface area (Å²) in [6, 6.07) is 6.07. The molecule has 0 atom stereocenters. The maximum absolute atomic E-state index is 11.8. The van der Waals surface area contributed by atoms with Crippen LogP contribution >= 0.6 is 0 Å². The molecule has 1 aliphatic rings. The molecule has 5 nitrogen and oxygen atoms in total. The van der Waals surface area contributed by atoms with Crippen LogP contribution < -0.4 is 5.32 Å². The van der Waals surface area contributed by atoms with Gasteiger partial charge in [-0.3, -0.25) is 4.79 Å². The van der Waals surface area contributed by atoms with Crippen LogP contribution in [0, 0.1) is 11.3 Å². The Hall–Kier alpha value is -1.87. The average molecular weight is 236 g/mol. The Labute approximate surface area is 92.6 Å².